The van der Waals surface area contributed by atoms with Crippen LogP contribution in [0.5, 0.6) is 0 Å². The highest BCUT2D eigenvalue weighted by molar-refractivity contribution is 7.52. The number of anilines is 1. The van der Waals surface area contributed by atoms with Crippen LogP contribution in [0.15, 0.2) is 11.1 Å². The quantitative estimate of drug-likeness (QED) is 0.0868. The monoisotopic (exact) mass is 599 g/mol. The number of ether oxygens (including phenoxy) is 2. The molecule has 2 rings (SSSR count). The molecule has 2 aromatic heterocycles. The van der Waals surface area contributed by atoms with Crippen molar-refractivity contribution in [3.63, 3.8) is 0 Å². The van der Waals surface area contributed by atoms with E-state index >= 15 is 0 Å². The normalized spacial score (nSPS) is 14.2. The second kappa shape index (κ2) is 20.2. The first-order valence-electron chi connectivity index (χ1n) is 15.5. The van der Waals surface area contributed by atoms with Gasteiger partial charge < -0.3 is 29.2 Å². The molecule has 0 aromatic carbocycles. The lowest BCUT2D eigenvalue weighted by molar-refractivity contribution is 0.0688. The minimum atomic E-state index is -3.89. The Balaban J connectivity index is 1.39. The molecule has 0 saturated heterocycles. The van der Waals surface area contributed by atoms with Crippen LogP contribution < -0.4 is 11.3 Å². The summed E-state index contributed by atoms with van der Waals surface area (Å²) in [6, 6.07) is 0. The first-order chi connectivity index (χ1) is 19.7. The molecular weight excluding hydrogens is 545 g/mol. The van der Waals surface area contributed by atoms with Crippen LogP contribution in [0.1, 0.15) is 111 Å². The number of imidazole rings is 1. The van der Waals surface area contributed by atoms with E-state index in [1.165, 1.54) is 83.4 Å². The molecule has 236 valence electrons. The van der Waals surface area contributed by atoms with Crippen LogP contribution in [0.25, 0.3) is 11.2 Å². The average Bonchev–Trinajstić information content (AvgIpc) is 3.31. The molecule has 11 nitrogen and oxygen atoms in total. The molecule has 0 amide bonds. The first-order valence-corrected chi connectivity index (χ1v) is 17.3. The van der Waals surface area contributed by atoms with Crippen molar-refractivity contribution in [2.75, 3.05) is 31.9 Å². The molecule has 0 fully saturated rings. The van der Waals surface area contributed by atoms with Crippen LogP contribution >= 0.6 is 7.60 Å². The average molecular weight is 600 g/mol. The van der Waals surface area contributed by atoms with Crippen molar-refractivity contribution >= 4 is 24.7 Å². The lowest BCUT2D eigenvalue weighted by Crippen LogP contribution is -2.19. The molecule has 0 bridgehead atoms. The molecule has 0 aliphatic carbocycles. The molecule has 41 heavy (non-hydrogen) atoms. The van der Waals surface area contributed by atoms with Gasteiger partial charge in [0.05, 0.1) is 25.6 Å². The minimum Gasteiger partial charge on any atom is -0.381 e. The lowest BCUT2D eigenvalue weighted by atomic mass is 10.0. The van der Waals surface area contributed by atoms with E-state index in [9.17, 15) is 14.3 Å². The van der Waals surface area contributed by atoms with Crippen LogP contribution in [-0.2, 0) is 25.1 Å². The molecule has 2 aromatic rings. The second-order valence-electron chi connectivity index (χ2n) is 11.5. The van der Waals surface area contributed by atoms with Crippen molar-refractivity contribution < 1.29 is 23.5 Å². The van der Waals surface area contributed by atoms with E-state index in [-0.39, 0.29) is 24.6 Å². The number of fused-ring (bicyclic) bond motifs is 1. The number of hydrogen-bond acceptors (Lipinski definition) is 8. The molecule has 2 atom stereocenters. The van der Waals surface area contributed by atoms with Crippen molar-refractivity contribution in [1.29, 1.82) is 0 Å². The van der Waals surface area contributed by atoms with Crippen LogP contribution in [-0.4, -0.2) is 56.7 Å². The summed E-state index contributed by atoms with van der Waals surface area (Å²) in [5, 5.41) is 0. The summed E-state index contributed by atoms with van der Waals surface area (Å²) in [6.45, 7) is 7.97. The van der Waals surface area contributed by atoms with E-state index < -0.39 is 25.6 Å². The Kier molecular flexibility index (Phi) is 17.4. The molecule has 0 radical (unpaired) electrons. The van der Waals surface area contributed by atoms with Crippen molar-refractivity contribution in [3.05, 3.63) is 16.7 Å². The van der Waals surface area contributed by atoms with Gasteiger partial charge in [-0.2, -0.15) is 4.98 Å². The van der Waals surface area contributed by atoms with E-state index in [1.807, 2.05) is 0 Å². The van der Waals surface area contributed by atoms with Crippen LogP contribution in [0, 0.1) is 5.92 Å². The molecule has 1 unspecified atom stereocenters. The Bertz CT molecular complexity index is 1080. The summed E-state index contributed by atoms with van der Waals surface area (Å²) in [6.07, 6.45) is 18.3. The van der Waals surface area contributed by atoms with E-state index in [2.05, 4.69) is 28.8 Å². The van der Waals surface area contributed by atoms with Gasteiger partial charge in [-0.15, -0.1) is 0 Å². The molecule has 0 spiro atoms. The van der Waals surface area contributed by atoms with Gasteiger partial charge in [0, 0.05) is 13.2 Å². The Hall–Kier alpha value is -1.78. The van der Waals surface area contributed by atoms with Gasteiger partial charge in [-0.3, -0.25) is 14.3 Å². The molecular formula is C29H54N5O6P. The number of aromatic amines is 1. The third kappa shape index (κ3) is 15.9. The highest BCUT2D eigenvalue weighted by Crippen LogP contribution is 2.42. The van der Waals surface area contributed by atoms with E-state index in [0.29, 0.717) is 25.3 Å². The Labute approximate surface area is 245 Å². The summed E-state index contributed by atoms with van der Waals surface area (Å²) in [4.78, 5) is 32.5. The number of nitrogens with one attached hydrogen (secondary N) is 1. The summed E-state index contributed by atoms with van der Waals surface area (Å²) < 4.78 is 30.2. The van der Waals surface area contributed by atoms with Crippen molar-refractivity contribution in [3.8, 4) is 0 Å². The van der Waals surface area contributed by atoms with Gasteiger partial charge in [0.1, 0.15) is 6.35 Å². The van der Waals surface area contributed by atoms with Gasteiger partial charge in [0.2, 0.25) is 5.95 Å². The summed E-state index contributed by atoms with van der Waals surface area (Å²) in [5.41, 5.74) is 5.68. The summed E-state index contributed by atoms with van der Waals surface area (Å²) in [7, 11) is -3.89. The zero-order valence-electron chi connectivity index (χ0n) is 25.5. The summed E-state index contributed by atoms with van der Waals surface area (Å²) >= 11 is 0. The zero-order valence-corrected chi connectivity index (χ0v) is 26.4. The molecule has 0 saturated carbocycles. The topological polar surface area (TPSA) is 155 Å². The zero-order chi connectivity index (χ0) is 29.9. The Morgan fingerprint density at radius 1 is 0.927 bits per heavy atom. The standard InChI is InChI=1S/C29H54N5O6P/c1-24(2)17-14-12-10-8-6-4-5-7-9-11-13-15-18-38-19-16-20-40-41(36,37)23-39-25(3)21-34-22-31-26-27(34)32-29(30)33-28(26)35/h22,24-25H,4-21,23H2,1-3H3,(H,36,37)(H3,30,32,33,35)/t25-/m1/s1. The number of nitrogen functional groups attached to an aromatic ring is 1. The number of hydrogen-bond donors (Lipinski definition) is 3. The fourth-order valence-electron chi connectivity index (χ4n) is 4.69. The molecule has 0 aliphatic rings. The molecule has 4 N–H and O–H groups in total. The number of aromatic nitrogens is 4. The third-order valence-corrected chi connectivity index (χ3v) is 8.08. The maximum atomic E-state index is 12.3. The predicted octanol–water partition coefficient (Wildman–Crippen LogP) is 6.40. The smallest absolute Gasteiger partial charge is 0.353 e. The van der Waals surface area contributed by atoms with Crippen molar-refractivity contribution in [2.45, 2.75) is 123 Å². The number of rotatable bonds is 25. The lowest BCUT2D eigenvalue weighted by Gasteiger charge is -2.17. The molecule has 12 heteroatoms. The van der Waals surface area contributed by atoms with Crippen molar-refractivity contribution in [2.24, 2.45) is 5.92 Å². The van der Waals surface area contributed by atoms with Crippen LogP contribution in [0.2, 0.25) is 0 Å². The van der Waals surface area contributed by atoms with E-state index in [4.69, 9.17) is 19.7 Å². The SMILES string of the molecule is CC(C)CCCCCCCCCCCCCCOCCCOP(=O)(O)CO[C@H](C)Cn1cnc2c(=O)[nH]c(N)nc21. The highest BCUT2D eigenvalue weighted by atomic mass is 31.2. The largest absolute Gasteiger partial charge is 0.381 e. The predicted molar refractivity (Wildman–Crippen MR) is 164 cm³/mol. The van der Waals surface area contributed by atoms with Crippen molar-refractivity contribution in [1.82, 2.24) is 19.5 Å². The fraction of sp³-hybridized carbons (Fsp3) is 0.828. The minimum absolute atomic E-state index is 0.00976. The number of nitrogens with zero attached hydrogens (tertiary/aromatic N) is 3. The number of nitrogens with two attached hydrogens (primary N) is 1. The number of unbranched alkanes of at least 4 members (excludes halogenated alkanes) is 11. The highest BCUT2D eigenvalue weighted by Gasteiger charge is 2.22. The van der Waals surface area contributed by atoms with Gasteiger partial charge in [0.25, 0.3) is 5.56 Å². The van der Waals surface area contributed by atoms with Gasteiger partial charge >= 0.3 is 7.60 Å². The number of H-pyrrole nitrogens is 1. The fourth-order valence-corrected chi connectivity index (χ4v) is 5.62. The third-order valence-electron chi connectivity index (χ3n) is 7.02. The second-order valence-corrected chi connectivity index (χ2v) is 13.3. The maximum Gasteiger partial charge on any atom is 0.353 e. The maximum absolute atomic E-state index is 12.3. The van der Waals surface area contributed by atoms with Crippen LogP contribution in [0.4, 0.5) is 5.95 Å². The van der Waals surface area contributed by atoms with Gasteiger partial charge in [-0.25, -0.2) is 4.98 Å². The molecule has 2 heterocycles. The Morgan fingerprint density at radius 3 is 2.15 bits per heavy atom. The summed E-state index contributed by atoms with van der Waals surface area (Å²) in [5.74, 6) is 0.834. The molecule has 0 aliphatic heterocycles. The van der Waals surface area contributed by atoms with E-state index in [1.54, 1.807) is 11.5 Å². The van der Waals surface area contributed by atoms with Crippen LogP contribution in [0.3, 0.4) is 0 Å². The van der Waals surface area contributed by atoms with Gasteiger partial charge in [0.15, 0.2) is 11.2 Å². The van der Waals surface area contributed by atoms with E-state index in [0.717, 1.165) is 12.3 Å². The first kappa shape index (κ1) is 35.4. The Morgan fingerprint density at radius 2 is 1.51 bits per heavy atom. The van der Waals surface area contributed by atoms with Gasteiger partial charge in [-0.05, 0) is 25.7 Å². The van der Waals surface area contributed by atoms with Gasteiger partial charge in [-0.1, -0.05) is 90.9 Å².